The molecule has 2 aliphatic heterocycles. The van der Waals surface area contributed by atoms with E-state index in [1.54, 1.807) is 22.9 Å². The highest BCUT2D eigenvalue weighted by Crippen LogP contribution is 2.34. The van der Waals surface area contributed by atoms with Gasteiger partial charge in [-0.3, -0.25) is 43.4 Å². The van der Waals surface area contributed by atoms with Gasteiger partial charge in [0, 0.05) is 86.9 Å². The number of hydrogen-bond donors (Lipinski definition) is 5. The first-order valence-electron chi connectivity index (χ1n) is 28.7. The van der Waals surface area contributed by atoms with Gasteiger partial charge in [0.05, 0.1) is 36.4 Å². The molecule has 2 unspecified atom stereocenters. The number of fused-ring (bicyclic) bond motifs is 3. The van der Waals surface area contributed by atoms with Gasteiger partial charge in [-0.05, 0) is 123 Å². The van der Waals surface area contributed by atoms with Gasteiger partial charge < -0.3 is 30.7 Å². The van der Waals surface area contributed by atoms with E-state index in [4.69, 9.17) is 20.6 Å². The maximum absolute atomic E-state index is 13.9. The van der Waals surface area contributed by atoms with Crippen molar-refractivity contribution in [3.63, 3.8) is 0 Å². The highest BCUT2D eigenvalue weighted by atomic mass is 32.2. The van der Waals surface area contributed by atoms with Crippen molar-refractivity contribution in [3.05, 3.63) is 107 Å². The number of benzene rings is 2. The van der Waals surface area contributed by atoms with Crippen molar-refractivity contribution in [2.45, 2.75) is 137 Å². The van der Waals surface area contributed by atoms with Crippen LogP contribution < -0.4 is 30.7 Å². The number of carbonyl (C=O) groups is 5. The van der Waals surface area contributed by atoms with Crippen LogP contribution in [0, 0.1) is 18.3 Å². The molecule has 1 aliphatic carbocycles. The lowest BCUT2D eigenvalue weighted by Gasteiger charge is -2.31. The predicted octanol–water partition coefficient (Wildman–Crippen LogP) is 9.48. The molecule has 22 heteroatoms. The van der Waals surface area contributed by atoms with Crippen molar-refractivity contribution in [1.29, 1.82) is 0 Å². The van der Waals surface area contributed by atoms with Gasteiger partial charge in [-0.2, -0.15) is 5.10 Å². The third kappa shape index (κ3) is 16.4. The molecule has 2 atom stereocenters. The number of thiazole rings is 1. The van der Waals surface area contributed by atoms with Crippen molar-refractivity contribution in [2.75, 3.05) is 42.7 Å². The molecule has 83 heavy (non-hydrogen) atoms. The van der Waals surface area contributed by atoms with Gasteiger partial charge in [0.1, 0.15) is 21.9 Å². The second-order valence-corrected chi connectivity index (χ2v) is 24.7. The van der Waals surface area contributed by atoms with Gasteiger partial charge in [-0.15, -0.1) is 5.10 Å². The second kappa shape index (κ2) is 28.7. The summed E-state index contributed by atoms with van der Waals surface area (Å²) in [5.74, 6) is 1.97. The summed E-state index contributed by atoms with van der Waals surface area (Å²) in [6.07, 6.45) is 15.1. The molecule has 2 aromatic carbocycles. The minimum absolute atomic E-state index is 0.0261. The van der Waals surface area contributed by atoms with E-state index >= 15 is 0 Å². The number of carbonyl (C=O) groups excluding carboxylic acids is 5. The number of anilines is 2. The van der Waals surface area contributed by atoms with E-state index in [1.807, 2.05) is 74.8 Å². The lowest BCUT2D eigenvalue weighted by atomic mass is 9.89. The van der Waals surface area contributed by atoms with E-state index in [0.717, 1.165) is 100.0 Å². The van der Waals surface area contributed by atoms with Gasteiger partial charge in [0.25, 0.3) is 11.8 Å². The van der Waals surface area contributed by atoms with Crippen LogP contribution in [-0.4, -0.2) is 113 Å². The van der Waals surface area contributed by atoms with Crippen LogP contribution in [0.1, 0.15) is 148 Å². The van der Waals surface area contributed by atoms with Crippen LogP contribution in [0.25, 0.3) is 32.4 Å². The SMILES string of the molecule is CC(C)(C)CC(=O)N1CCC(O)C1.COc1nn(C)c2ccc(C(C)NC=O)cc12.Cc1c(-c2ccc(N3CCc4cccc(C(=O)Nc5nc6cccnc6s5)c4C3)nc2C(=O)NSCCCCCC(N)=O)cnn1CC1CCCCC1. The number of aromatic nitrogens is 7. The molecule has 0 spiro atoms. The summed E-state index contributed by atoms with van der Waals surface area (Å²) < 4.78 is 12.1. The van der Waals surface area contributed by atoms with Crippen LogP contribution >= 0.6 is 23.3 Å². The van der Waals surface area contributed by atoms with Gasteiger partial charge in [-0.25, -0.2) is 15.0 Å². The predicted molar refractivity (Wildman–Crippen MR) is 327 cm³/mol. The molecule has 0 radical (unpaired) electrons. The maximum atomic E-state index is 13.9. The van der Waals surface area contributed by atoms with Crippen molar-refractivity contribution < 1.29 is 33.8 Å². The molecule has 20 nitrogen and oxygen atoms in total. The fraction of sp³-hybridized carbons (Fsp3) is 0.475. The topological polar surface area (TPSA) is 258 Å². The first kappa shape index (κ1) is 61.6. The Balaban J connectivity index is 0.000000243. The van der Waals surface area contributed by atoms with Crippen molar-refractivity contribution in [3.8, 4) is 17.0 Å². The number of likely N-dealkylation sites (tertiary alicyclic amines) is 1. The van der Waals surface area contributed by atoms with Crippen LogP contribution in [0.5, 0.6) is 5.88 Å². The molecule has 7 aromatic rings. The molecule has 6 N–H and O–H groups in total. The molecule has 3 aliphatic rings. The van der Waals surface area contributed by atoms with Gasteiger partial charge in [0.2, 0.25) is 24.1 Å². The number of hydrogen-bond acceptors (Lipinski definition) is 15. The number of methoxy groups -OCH3 is 1. The summed E-state index contributed by atoms with van der Waals surface area (Å²) in [5.41, 5.74) is 13.7. The highest BCUT2D eigenvalue weighted by Gasteiger charge is 2.29. The number of aryl methyl sites for hydroxylation is 1. The van der Waals surface area contributed by atoms with Crippen LogP contribution in [0.3, 0.4) is 0 Å². The fourth-order valence-electron chi connectivity index (χ4n) is 10.7. The molecule has 7 heterocycles. The lowest BCUT2D eigenvalue weighted by Crippen LogP contribution is -2.33. The number of aliphatic hydroxyl groups is 1. The van der Waals surface area contributed by atoms with E-state index in [0.29, 0.717) is 78.6 Å². The summed E-state index contributed by atoms with van der Waals surface area (Å²) >= 11 is 2.69. The number of nitrogens with two attached hydrogens (primary N) is 1. The highest BCUT2D eigenvalue weighted by molar-refractivity contribution is 7.97. The third-order valence-corrected chi connectivity index (χ3v) is 17.0. The van der Waals surface area contributed by atoms with Crippen molar-refractivity contribution >= 4 is 85.5 Å². The normalized spacial score (nSPS) is 15.6. The number of nitrogens with zero attached hydrogens (tertiary/aromatic N) is 9. The Morgan fingerprint density at radius 3 is 2.49 bits per heavy atom. The zero-order valence-corrected chi connectivity index (χ0v) is 50.4. The van der Waals surface area contributed by atoms with Crippen LogP contribution in [-0.2, 0) is 40.9 Å². The molecule has 1 saturated heterocycles. The molecular formula is C61H79N13O7S2. The Hall–Kier alpha value is -7.43. The standard InChI is InChI=1S/C39H45N9O3S2.C12H15N3O2.C10H19NO2/c1-25-30(22-42-48(25)23-26-10-4-2-5-11-26)28-16-17-34(44-35(28)37(51)46-52-21-7-3-6-15-33(40)49)47-20-18-27-12-8-13-29(31(27)24-47)36(50)45-39-43-32-14-9-19-41-38(32)53-39;1-8(13-7-16)9-4-5-11-10(6-9)12(17-3)14-15(11)2;1-10(2,3)6-9(13)11-5-4-8(12)7-11/h8-9,12-14,16-17,19,22,26H,2-7,10-11,15,18,20-21,23-24H2,1H3,(H2,40,49)(H,46,51)(H,43,45,50);4-8H,1-3H3,(H,13,16);8,12H,4-7H2,1-3H3. The summed E-state index contributed by atoms with van der Waals surface area (Å²) in [4.78, 5) is 79.2. The van der Waals surface area contributed by atoms with Gasteiger partial charge in [-0.1, -0.05) is 87.9 Å². The van der Waals surface area contributed by atoms with Gasteiger partial charge >= 0.3 is 0 Å². The zero-order chi connectivity index (χ0) is 59.2. The molecule has 5 amide bonds. The van der Waals surface area contributed by atoms with Gasteiger partial charge in [0.15, 0.2) is 5.13 Å². The summed E-state index contributed by atoms with van der Waals surface area (Å²) in [7, 11) is 3.47. The molecular weight excluding hydrogens is 1090 g/mol. The average molecular weight is 1170 g/mol. The monoisotopic (exact) mass is 1170 g/mol. The van der Waals surface area contributed by atoms with Crippen LogP contribution in [0.15, 0.2) is 73.1 Å². The van der Waals surface area contributed by atoms with Crippen molar-refractivity contribution in [1.82, 2.24) is 49.5 Å². The van der Waals surface area contributed by atoms with Crippen LogP contribution in [0.2, 0.25) is 0 Å². The second-order valence-electron chi connectivity index (χ2n) is 22.8. The number of pyridine rings is 2. The molecule has 1 saturated carbocycles. The molecule has 2 fully saturated rings. The van der Waals surface area contributed by atoms with E-state index in [2.05, 4.69) is 73.8 Å². The summed E-state index contributed by atoms with van der Waals surface area (Å²) in [6.45, 7) is 13.4. The zero-order valence-electron chi connectivity index (χ0n) is 48.8. The number of primary amides is 1. The minimum Gasteiger partial charge on any atom is -0.479 e. The Morgan fingerprint density at radius 1 is 0.964 bits per heavy atom. The summed E-state index contributed by atoms with van der Waals surface area (Å²) in [5, 5.41) is 25.4. The van der Waals surface area contributed by atoms with Crippen LogP contribution in [0.4, 0.5) is 10.9 Å². The number of aliphatic hydroxyl groups excluding tert-OH is 1. The Morgan fingerprint density at radius 2 is 1.77 bits per heavy atom. The Kier molecular flexibility index (Phi) is 21.3. The molecule has 5 aromatic heterocycles. The molecule has 442 valence electrons. The number of unbranched alkanes of at least 4 members (excludes halogenated alkanes) is 2. The largest absolute Gasteiger partial charge is 0.479 e. The van der Waals surface area contributed by atoms with E-state index < -0.39 is 0 Å². The summed E-state index contributed by atoms with van der Waals surface area (Å²) in [6, 6.07) is 19.4. The first-order chi connectivity index (χ1) is 39.9. The maximum Gasteiger partial charge on any atom is 0.280 e. The number of amides is 5. The smallest absolute Gasteiger partial charge is 0.280 e. The quantitative estimate of drug-likeness (QED) is 0.0287. The van der Waals surface area contributed by atoms with E-state index in [9.17, 15) is 29.1 Å². The molecule has 0 bridgehead atoms. The number of nitrogens with one attached hydrogen (secondary N) is 3. The third-order valence-electron chi connectivity index (χ3n) is 15.3. The minimum atomic E-state index is -0.302. The number of rotatable bonds is 19. The Labute approximate surface area is 493 Å². The Bertz CT molecular complexity index is 3350. The van der Waals surface area contributed by atoms with E-state index in [1.165, 1.54) is 55.4 Å². The lowest BCUT2D eigenvalue weighted by molar-refractivity contribution is -0.132. The average Bonchev–Trinajstić information content (AvgIpc) is 4.26. The van der Waals surface area contributed by atoms with E-state index in [-0.39, 0.29) is 41.2 Å². The first-order valence-corrected chi connectivity index (χ1v) is 30.5. The molecule has 10 rings (SSSR count). The number of ether oxygens (including phenoxy) is 1. The number of β-amino-alcohol motifs (C(OH)–C–C–N with tert-alkyl or cyclic N) is 1. The fourth-order valence-corrected chi connectivity index (χ4v) is 12.2. The van der Waals surface area contributed by atoms with Crippen molar-refractivity contribution in [2.24, 2.45) is 24.1 Å².